The van der Waals surface area contributed by atoms with E-state index >= 15 is 0 Å². The highest BCUT2D eigenvalue weighted by molar-refractivity contribution is 8.13. The van der Waals surface area contributed by atoms with E-state index in [4.69, 9.17) is 4.42 Å². The molecule has 0 spiro atoms. The average Bonchev–Trinajstić information content (AvgIpc) is 3.54. The minimum atomic E-state index is 0.566. The van der Waals surface area contributed by atoms with E-state index in [1.54, 1.807) is 11.8 Å². The fourth-order valence-corrected chi connectivity index (χ4v) is 5.62. The lowest BCUT2D eigenvalue weighted by Gasteiger charge is -2.27. The van der Waals surface area contributed by atoms with Gasteiger partial charge < -0.3 is 14.2 Å². The van der Waals surface area contributed by atoms with E-state index in [0.717, 1.165) is 66.2 Å². The van der Waals surface area contributed by atoms with Crippen LogP contribution in [0.25, 0.3) is 0 Å². The minimum absolute atomic E-state index is 0.566. The van der Waals surface area contributed by atoms with Crippen LogP contribution in [0.4, 0.5) is 5.69 Å². The third kappa shape index (κ3) is 5.66. The molecule has 174 valence electrons. The molecule has 0 amide bonds. The molecule has 0 N–H and O–H groups in total. The van der Waals surface area contributed by atoms with E-state index in [-0.39, 0.29) is 0 Å². The van der Waals surface area contributed by atoms with Crippen molar-refractivity contribution in [1.82, 2.24) is 9.88 Å². The smallest absolute Gasteiger partial charge is 0.181 e. The molecule has 2 aliphatic rings. The van der Waals surface area contributed by atoms with E-state index in [0.29, 0.717) is 11.8 Å². The molecular weight excluding hydrogens is 432 g/mol. The monoisotopic (exact) mass is 464 g/mol. The maximum atomic E-state index is 9.23. The molecule has 2 fully saturated rings. The van der Waals surface area contributed by atoms with Gasteiger partial charge in [0, 0.05) is 37.1 Å². The van der Waals surface area contributed by atoms with Crippen LogP contribution in [0.1, 0.15) is 50.1 Å². The highest BCUT2D eigenvalue weighted by atomic mass is 32.2. The fourth-order valence-electron chi connectivity index (χ4n) is 4.81. The predicted octanol–water partition coefficient (Wildman–Crippen LogP) is 4.72. The lowest BCUT2D eigenvalue weighted by Crippen LogP contribution is -2.35. The van der Waals surface area contributed by atoms with Crippen LogP contribution in [-0.2, 0) is 0 Å². The second-order valence-electron chi connectivity index (χ2n) is 8.73. The Morgan fingerprint density at radius 3 is 2.97 bits per heavy atom. The van der Waals surface area contributed by atoms with E-state index < -0.39 is 0 Å². The molecule has 2 atom stereocenters. The van der Waals surface area contributed by atoms with Gasteiger partial charge in [-0.2, -0.15) is 10.4 Å². The Morgan fingerprint density at radius 2 is 2.21 bits per heavy atom. The Bertz CT molecular complexity index is 1060. The quantitative estimate of drug-likeness (QED) is 0.243. The van der Waals surface area contributed by atoms with Crippen LogP contribution in [0.2, 0.25) is 0 Å². The molecule has 8 heteroatoms. The third-order valence-electron chi connectivity index (χ3n) is 6.51. The zero-order chi connectivity index (χ0) is 23.2. The van der Waals surface area contributed by atoms with Gasteiger partial charge in [0.05, 0.1) is 22.4 Å². The molecule has 2 aliphatic heterocycles. The maximum absolute atomic E-state index is 9.23. The molecule has 1 aromatic carbocycles. The number of likely N-dealkylation sites (tertiary alicyclic amines) is 1. The number of nitrogens with zero attached hydrogens (tertiary/aromatic N) is 6. The summed E-state index contributed by atoms with van der Waals surface area (Å²) < 4.78 is 5.38. The third-order valence-corrected chi connectivity index (χ3v) is 7.70. The topological polar surface area (TPSA) is 81.0 Å². The molecule has 3 heterocycles. The molecule has 0 radical (unpaired) electrons. The average molecular weight is 465 g/mol. The number of benzene rings is 1. The van der Waals surface area contributed by atoms with Crippen molar-refractivity contribution in [3.8, 4) is 6.07 Å². The number of thioether (sulfide) groups is 1. The fraction of sp³-hybridized carbons (Fsp3) is 0.520. The first kappa shape index (κ1) is 23.5. The van der Waals surface area contributed by atoms with Crippen molar-refractivity contribution < 1.29 is 4.42 Å². The normalized spacial score (nSPS) is 21.5. The number of oxazole rings is 1. The van der Waals surface area contributed by atoms with Gasteiger partial charge >= 0.3 is 0 Å². The number of aromatic nitrogens is 1. The van der Waals surface area contributed by atoms with Crippen LogP contribution in [0.15, 0.2) is 45.3 Å². The molecule has 33 heavy (non-hydrogen) atoms. The number of anilines is 1. The van der Waals surface area contributed by atoms with Crippen LogP contribution in [-0.4, -0.2) is 58.6 Å². The second-order valence-corrected chi connectivity index (χ2v) is 9.90. The van der Waals surface area contributed by atoms with Crippen molar-refractivity contribution in [2.75, 3.05) is 36.8 Å². The number of fused-ring (bicyclic) bond motifs is 1. The highest BCUT2D eigenvalue weighted by Crippen LogP contribution is 2.35. The van der Waals surface area contributed by atoms with Crippen LogP contribution in [0.3, 0.4) is 0 Å². The van der Waals surface area contributed by atoms with Gasteiger partial charge in [-0.15, -0.1) is 16.9 Å². The van der Waals surface area contributed by atoms with Crippen LogP contribution in [0.5, 0.6) is 0 Å². The summed E-state index contributed by atoms with van der Waals surface area (Å²) in [7, 11) is 0. The number of hydrogen-bond acceptors (Lipinski definition) is 8. The van der Waals surface area contributed by atoms with Gasteiger partial charge in [-0.25, -0.2) is 4.98 Å². The van der Waals surface area contributed by atoms with Gasteiger partial charge in [-0.1, -0.05) is 13.0 Å². The Labute approximate surface area is 200 Å². The SMILES string of the molecule is CC/C(=N\N=C(/C)c1ocnc1C)SCCCN1C[C@H]2CCN(c3cccc(C#N)c3)[C@H]2C1. The molecule has 2 aromatic rings. The van der Waals surface area contributed by atoms with Gasteiger partial charge in [-0.3, -0.25) is 0 Å². The Balaban J connectivity index is 1.24. The first-order valence-corrected chi connectivity index (χ1v) is 12.7. The molecule has 1 aromatic heterocycles. The van der Waals surface area contributed by atoms with E-state index in [1.807, 2.05) is 32.0 Å². The first-order valence-electron chi connectivity index (χ1n) is 11.7. The van der Waals surface area contributed by atoms with Crippen LogP contribution in [0, 0.1) is 24.2 Å². The summed E-state index contributed by atoms with van der Waals surface area (Å²) in [5, 5.41) is 19.1. The first-order chi connectivity index (χ1) is 16.1. The van der Waals surface area contributed by atoms with Gasteiger partial charge in [0.1, 0.15) is 5.71 Å². The predicted molar refractivity (Wildman–Crippen MR) is 135 cm³/mol. The lowest BCUT2D eigenvalue weighted by molar-refractivity contribution is 0.319. The highest BCUT2D eigenvalue weighted by Gasteiger charge is 2.41. The minimum Gasteiger partial charge on any atom is -0.442 e. The van der Waals surface area contributed by atoms with Crippen molar-refractivity contribution in [2.24, 2.45) is 16.1 Å². The van der Waals surface area contributed by atoms with Crippen molar-refractivity contribution in [2.45, 2.75) is 46.1 Å². The van der Waals surface area contributed by atoms with Gasteiger partial charge in [0.25, 0.3) is 0 Å². The second kappa shape index (κ2) is 11.0. The van der Waals surface area contributed by atoms with Gasteiger partial charge in [-0.05, 0) is 63.8 Å². The van der Waals surface area contributed by atoms with E-state index in [2.05, 4.69) is 44.0 Å². The number of hydrogen-bond donors (Lipinski definition) is 0. The van der Waals surface area contributed by atoms with Crippen molar-refractivity contribution >= 4 is 28.2 Å². The maximum Gasteiger partial charge on any atom is 0.181 e. The summed E-state index contributed by atoms with van der Waals surface area (Å²) in [5.74, 6) is 2.47. The van der Waals surface area contributed by atoms with Crippen molar-refractivity contribution in [3.05, 3.63) is 47.7 Å². The molecule has 0 aliphatic carbocycles. The standard InChI is InChI=1S/C25H32N6OS/c1-4-24(29-28-19(3)25-18(2)27-17-32-25)33-12-6-10-30-15-21-9-11-31(23(21)16-30)22-8-5-7-20(13-22)14-26/h5,7-8,13,17,21,23H,4,6,9-12,15-16H2,1-3H3/b28-19+,29-24+/t21-,23+/m1/s1. The zero-order valence-electron chi connectivity index (χ0n) is 19.7. The number of nitriles is 1. The van der Waals surface area contributed by atoms with Crippen LogP contribution < -0.4 is 4.90 Å². The zero-order valence-corrected chi connectivity index (χ0v) is 20.5. The summed E-state index contributed by atoms with van der Waals surface area (Å²) in [6.45, 7) is 10.4. The van der Waals surface area contributed by atoms with E-state index in [9.17, 15) is 5.26 Å². The summed E-state index contributed by atoms with van der Waals surface area (Å²) in [5.41, 5.74) is 3.53. The summed E-state index contributed by atoms with van der Waals surface area (Å²) >= 11 is 1.80. The van der Waals surface area contributed by atoms with Gasteiger partial charge in [0.2, 0.25) is 0 Å². The summed E-state index contributed by atoms with van der Waals surface area (Å²) in [6.07, 6.45) is 4.69. The van der Waals surface area contributed by atoms with Gasteiger partial charge in [0.15, 0.2) is 12.2 Å². The molecule has 0 unspecified atom stereocenters. The van der Waals surface area contributed by atoms with Crippen molar-refractivity contribution in [3.63, 3.8) is 0 Å². The summed E-state index contributed by atoms with van der Waals surface area (Å²) in [4.78, 5) is 9.23. The molecule has 2 saturated heterocycles. The molecule has 4 rings (SSSR count). The summed E-state index contributed by atoms with van der Waals surface area (Å²) in [6, 6.07) is 10.9. The lowest BCUT2D eigenvalue weighted by atomic mass is 10.0. The Kier molecular flexibility index (Phi) is 7.84. The molecule has 7 nitrogen and oxygen atoms in total. The largest absolute Gasteiger partial charge is 0.442 e. The number of aryl methyl sites for hydroxylation is 1. The van der Waals surface area contributed by atoms with Crippen LogP contribution >= 0.6 is 11.8 Å². The Morgan fingerprint density at radius 1 is 1.33 bits per heavy atom. The van der Waals surface area contributed by atoms with Crippen molar-refractivity contribution in [1.29, 1.82) is 5.26 Å². The Hall–Kier alpha value is -2.63. The molecular formula is C25H32N6OS. The number of rotatable bonds is 8. The molecule has 0 bridgehead atoms. The molecule has 0 saturated carbocycles. The van der Waals surface area contributed by atoms with E-state index in [1.165, 1.54) is 25.0 Å².